The standard InChI is InChI=1S/C23H24N4O5S2/c1-4-21-26-27-10-17(25-23(27)34-21)20-9-16-18(7-15(29-3)8-19(16)32-20)31-11-14-13-33-22(24-14)12-30-6-5-28-2/h7-10,13H,4-6,11-12H2,1-3H3. The SMILES string of the molecule is CCc1nn2cc(-c3cc4c(OCc5csc(COCCOC)n5)cc(OC)cc4o3)nc2s1. The number of hydrogen-bond donors (Lipinski definition) is 0. The van der Waals surface area contributed by atoms with Crippen LogP contribution in [0.1, 0.15) is 22.6 Å². The molecule has 0 bridgehead atoms. The molecule has 0 saturated heterocycles. The summed E-state index contributed by atoms with van der Waals surface area (Å²) >= 11 is 3.12. The second-order valence-electron chi connectivity index (χ2n) is 7.42. The molecule has 0 radical (unpaired) electrons. The number of furan rings is 1. The molecule has 5 aromatic rings. The van der Waals surface area contributed by atoms with Crippen molar-refractivity contribution in [2.75, 3.05) is 27.4 Å². The summed E-state index contributed by atoms with van der Waals surface area (Å²) in [6.07, 6.45) is 2.77. The van der Waals surface area contributed by atoms with E-state index in [-0.39, 0.29) is 0 Å². The van der Waals surface area contributed by atoms with Crippen molar-refractivity contribution in [1.29, 1.82) is 0 Å². The van der Waals surface area contributed by atoms with Gasteiger partial charge >= 0.3 is 0 Å². The molecule has 0 amide bonds. The van der Waals surface area contributed by atoms with Crippen LogP contribution in [0.15, 0.2) is 34.2 Å². The highest BCUT2D eigenvalue weighted by Gasteiger charge is 2.17. The van der Waals surface area contributed by atoms with Gasteiger partial charge in [-0.25, -0.2) is 14.5 Å². The topological polar surface area (TPSA) is 93.1 Å². The maximum Gasteiger partial charge on any atom is 0.212 e. The maximum absolute atomic E-state index is 6.14. The minimum absolute atomic E-state index is 0.321. The van der Waals surface area contributed by atoms with E-state index in [1.165, 1.54) is 0 Å². The molecular weight excluding hydrogens is 476 g/mol. The zero-order valence-corrected chi connectivity index (χ0v) is 20.7. The second-order valence-corrected chi connectivity index (χ2v) is 9.40. The summed E-state index contributed by atoms with van der Waals surface area (Å²) in [5.41, 5.74) is 2.22. The maximum atomic E-state index is 6.14. The van der Waals surface area contributed by atoms with Crippen LogP contribution in [-0.2, 0) is 29.1 Å². The van der Waals surface area contributed by atoms with E-state index in [0.717, 1.165) is 38.2 Å². The highest BCUT2D eigenvalue weighted by Crippen LogP contribution is 2.37. The van der Waals surface area contributed by atoms with Gasteiger partial charge in [0.25, 0.3) is 0 Å². The van der Waals surface area contributed by atoms with Crippen LogP contribution in [0.25, 0.3) is 27.4 Å². The molecule has 34 heavy (non-hydrogen) atoms. The number of thiazole rings is 1. The number of ether oxygens (including phenoxy) is 4. The number of hydrogen-bond acceptors (Lipinski definition) is 10. The molecule has 4 aromatic heterocycles. The molecule has 0 atom stereocenters. The van der Waals surface area contributed by atoms with E-state index >= 15 is 0 Å². The number of aromatic nitrogens is 4. The molecule has 11 heteroatoms. The van der Waals surface area contributed by atoms with Crippen molar-refractivity contribution in [3.05, 3.63) is 45.5 Å². The molecule has 0 aliphatic carbocycles. The Morgan fingerprint density at radius 3 is 2.76 bits per heavy atom. The average molecular weight is 501 g/mol. The van der Waals surface area contributed by atoms with Gasteiger partial charge in [0.2, 0.25) is 4.96 Å². The average Bonchev–Trinajstić information content (AvgIpc) is 3.62. The molecule has 4 heterocycles. The van der Waals surface area contributed by atoms with Crippen molar-refractivity contribution < 1.29 is 23.4 Å². The lowest BCUT2D eigenvalue weighted by molar-refractivity contribution is 0.0615. The van der Waals surface area contributed by atoms with Crippen molar-refractivity contribution in [1.82, 2.24) is 19.6 Å². The van der Waals surface area contributed by atoms with Gasteiger partial charge in [0, 0.05) is 24.6 Å². The molecule has 0 spiro atoms. The number of aryl methyl sites for hydroxylation is 1. The predicted molar refractivity (Wildman–Crippen MR) is 130 cm³/mol. The van der Waals surface area contributed by atoms with Crippen molar-refractivity contribution >= 4 is 38.6 Å². The number of nitrogens with zero attached hydrogens (tertiary/aromatic N) is 4. The minimum atomic E-state index is 0.321. The Labute approximate surface area is 203 Å². The Balaban J connectivity index is 1.36. The minimum Gasteiger partial charge on any atom is -0.496 e. The fourth-order valence-corrected chi connectivity index (χ4v) is 4.91. The normalized spacial score (nSPS) is 11.6. The Hall–Kier alpha value is -2.99. The lowest BCUT2D eigenvalue weighted by Gasteiger charge is -2.08. The first-order chi connectivity index (χ1) is 16.7. The largest absolute Gasteiger partial charge is 0.496 e. The van der Waals surface area contributed by atoms with Crippen molar-refractivity contribution in [3.8, 4) is 23.0 Å². The van der Waals surface area contributed by atoms with Gasteiger partial charge in [0.1, 0.15) is 39.4 Å². The van der Waals surface area contributed by atoms with Crippen LogP contribution < -0.4 is 9.47 Å². The zero-order valence-electron chi connectivity index (χ0n) is 19.1. The Morgan fingerprint density at radius 2 is 1.97 bits per heavy atom. The smallest absolute Gasteiger partial charge is 0.212 e. The summed E-state index contributed by atoms with van der Waals surface area (Å²) in [6.45, 7) is 3.96. The molecule has 5 rings (SSSR count). The van der Waals surface area contributed by atoms with Gasteiger partial charge in [-0.15, -0.1) is 11.3 Å². The van der Waals surface area contributed by atoms with E-state index in [1.807, 2.05) is 29.8 Å². The van der Waals surface area contributed by atoms with E-state index in [1.54, 1.807) is 41.4 Å². The number of benzene rings is 1. The first kappa shape index (κ1) is 22.8. The fraction of sp³-hybridized carbons (Fsp3) is 0.348. The molecule has 0 aliphatic heterocycles. The van der Waals surface area contributed by atoms with Gasteiger partial charge in [-0.1, -0.05) is 18.3 Å². The fourth-order valence-electron chi connectivity index (χ4n) is 3.38. The number of fused-ring (bicyclic) bond motifs is 2. The van der Waals surface area contributed by atoms with E-state index in [4.69, 9.17) is 23.4 Å². The number of methoxy groups -OCH3 is 2. The van der Waals surface area contributed by atoms with Crippen LogP contribution in [-0.4, -0.2) is 47.0 Å². The summed E-state index contributed by atoms with van der Waals surface area (Å²) < 4.78 is 30.0. The van der Waals surface area contributed by atoms with Gasteiger partial charge in [0.05, 0.1) is 44.2 Å². The second kappa shape index (κ2) is 10.1. The van der Waals surface area contributed by atoms with Crippen LogP contribution in [0.5, 0.6) is 11.5 Å². The third-order valence-corrected chi connectivity index (χ3v) is 7.02. The monoisotopic (exact) mass is 500 g/mol. The van der Waals surface area contributed by atoms with Crippen LogP contribution in [0.3, 0.4) is 0 Å². The van der Waals surface area contributed by atoms with Gasteiger partial charge in [-0.3, -0.25) is 0 Å². The molecule has 1 aromatic carbocycles. The summed E-state index contributed by atoms with van der Waals surface area (Å²) in [5, 5.41) is 9.30. The zero-order chi connectivity index (χ0) is 23.5. The van der Waals surface area contributed by atoms with Gasteiger partial charge < -0.3 is 23.4 Å². The van der Waals surface area contributed by atoms with E-state index < -0.39 is 0 Å². The molecule has 178 valence electrons. The van der Waals surface area contributed by atoms with Crippen LogP contribution >= 0.6 is 22.7 Å². The van der Waals surface area contributed by atoms with Crippen molar-refractivity contribution in [2.45, 2.75) is 26.6 Å². The van der Waals surface area contributed by atoms with Crippen LogP contribution in [0, 0.1) is 0 Å². The highest BCUT2D eigenvalue weighted by atomic mass is 32.1. The van der Waals surface area contributed by atoms with Gasteiger partial charge in [-0.05, 0) is 12.5 Å². The van der Waals surface area contributed by atoms with E-state index in [2.05, 4.69) is 22.0 Å². The van der Waals surface area contributed by atoms with E-state index in [9.17, 15) is 0 Å². The predicted octanol–water partition coefficient (Wildman–Crippen LogP) is 4.97. The van der Waals surface area contributed by atoms with E-state index in [0.29, 0.717) is 49.3 Å². The summed E-state index contributed by atoms with van der Waals surface area (Å²) in [5.74, 6) is 1.95. The summed E-state index contributed by atoms with van der Waals surface area (Å²) in [4.78, 5) is 10.1. The summed E-state index contributed by atoms with van der Waals surface area (Å²) in [6, 6.07) is 5.63. The van der Waals surface area contributed by atoms with Crippen LogP contribution in [0.2, 0.25) is 0 Å². The van der Waals surface area contributed by atoms with Crippen molar-refractivity contribution in [2.24, 2.45) is 0 Å². The molecule has 0 aliphatic rings. The number of rotatable bonds is 11. The summed E-state index contributed by atoms with van der Waals surface area (Å²) in [7, 11) is 3.27. The molecular formula is C23H24N4O5S2. The Kier molecular flexibility index (Phi) is 6.77. The highest BCUT2D eigenvalue weighted by molar-refractivity contribution is 7.16. The van der Waals surface area contributed by atoms with Gasteiger partial charge in [-0.2, -0.15) is 5.10 Å². The third kappa shape index (κ3) is 4.78. The first-order valence-corrected chi connectivity index (χ1v) is 12.5. The molecule has 0 unspecified atom stereocenters. The third-order valence-electron chi connectivity index (χ3n) is 5.08. The Morgan fingerprint density at radius 1 is 1.06 bits per heavy atom. The molecule has 9 nitrogen and oxygen atoms in total. The lowest BCUT2D eigenvalue weighted by atomic mass is 10.2. The lowest BCUT2D eigenvalue weighted by Crippen LogP contribution is -2.02. The number of imidazole rings is 1. The van der Waals surface area contributed by atoms with Crippen molar-refractivity contribution in [3.63, 3.8) is 0 Å². The van der Waals surface area contributed by atoms with Crippen LogP contribution in [0.4, 0.5) is 0 Å². The Bertz CT molecular complexity index is 1370. The molecule has 0 N–H and O–H groups in total. The quantitative estimate of drug-likeness (QED) is 0.235. The first-order valence-electron chi connectivity index (χ1n) is 10.8. The van der Waals surface area contributed by atoms with Gasteiger partial charge in [0.15, 0.2) is 5.76 Å². The molecule has 0 fully saturated rings. The molecule has 0 saturated carbocycles.